The zero-order chi connectivity index (χ0) is 15.9. The van der Waals surface area contributed by atoms with E-state index in [1.807, 2.05) is 32.2 Å². The number of Topliss-reactive ketones (excluding diaryl/α,β-unsaturated/α-hetero) is 1. The van der Waals surface area contributed by atoms with Crippen LogP contribution in [0.3, 0.4) is 0 Å². The van der Waals surface area contributed by atoms with Crippen LogP contribution in [0.15, 0.2) is 54.4 Å². The van der Waals surface area contributed by atoms with Crippen molar-refractivity contribution in [2.45, 2.75) is 26.7 Å². The van der Waals surface area contributed by atoms with Gasteiger partial charge in [0, 0.05) is 36.3 Å². The molecule has 112 valence electrons. The lowest BCUT2D eigenvalue weighted by molar-refractivity contribution is 0.0982. The monoisotopic (exact) mass is 293 g/mol. The van der Waals surface area contributed by atoms with Crippen LogP contribution < -0.4 is 0 Å². The first-order valence-corrected chi connectivity index (χ1v) is 7.16. The highest BCUT2D eigenvalue weighted by Gasteiger charge is 2.08. The van der Waals surface area contributed by atoms with E-state index >= 15 is 0 Å². The molecule has 4 heteroatoms. The molecular weight excluding hydrogens is 274 g/mol. The van der Waals surface area contributed by atoms with Crippen LogP contribution >= 0.6 is 0 Å². The molecule has 0 bridgehead atoms. The van der Waals surface area contributed by atoms with Crippen LogP contribution in [-0.2, 0) is 6.42 Å². The molecule has 0 fully saturated rings. The van der Waals surface area contributed by atoms with Crippen LogP contribution in [0.2, 0.25) is 0 Å². The average Bonchev–Trinajstić information content (AvgIpc) is 2.54. The van der Waals surface area contributed by atoms with E-state index in [0.29, 0.717) is 18.4 Å². The highest BCUT2D eigenvalue weighted by Crippen LogP contribution is 2.08. The number of aromatic nitrogens is 2. The third-order valence-electron chi connectivity index (χ3n) is 3.32. The van der Waals surface area contributed by atoms with Gasteiger partial charge in [0.15, 0.2) is 5.78 Å². The lowest BCUT2D eigenvalue weighted by atomic mass is 10.1. The minimum Gasteiger partial charge on any atom is -0.294 e. The summed E-state index contributed by atoms with van der Waals surface area (Å²) in [4.78, 5) is 24.8. The van der Waals surface area contributed by atoms with Crippen molar-refractivity contribution in [2.24, 2.45) is 4.99 Å². The van der Waals surface area contributed by atoms with Gasteiger partial charge in [-0.25, -0.2) is 0 Å². The smallest absolute Gasteiger partial charge is 0.164 e. The Morgan fingerprint density at radius 1 is 1.23 bits per heavy atom. The van der Waals surface area contributed by atoms with E-state index in [1.165, 1.54) is 6.20 Å². The van der Waals surface area contributed by atoms with E-state index in [4.69, 9.17) is 0 Å². The lowest BCUT2D eigenvalue weighted by Gasteiger charge is -2.03. The van der Waals surface area contributed by atoms with Crippen molar-refractivity contribution in [3.8, 4) is 0 Å². The van der Waals surface area contributed by atoms with Gasteiger partial charge in [-0.1, -0.05) is 12.6 Å². The summed E-state index contributed by atoms with van der Waals surface area (Å²) >= 11 is 0. The maximum absolute atomic E-state index is 12.2. The third-order valence-corrected chi connectivity index (χ3v) is 3.32. The van der Waals surface area contributed by atoms with Crippen molar-refractivity contribution in [2.75, 3.05) is 0 Å². The standard InChI is InChI=1S/C18H19N3O/c1-4-19-14(3)17-9-6-15(12-21-17)18(22)10-8-16-7-5-13(2)11-20-16/h4-7,9,11-12H,1,8,10H2,2-3H3. The second kappa shape index (κ2) is 7.41. The van der Waals surface area contributed by atoms with Gasteiger partial charge < -0.3 is 0 Å². The maximum Gasteiger partial charge on any atom is 0.164 e. The largest absolute Gasteiger partial charge is 0.294 e. The molecule has 0 unspecified atom stereocenters. The number of aryl methyl sites for hydroxylation is 2. The van der Waals surface area contributed by atoms with E-state index in [1.54, 1.807) is 18.3 Å². The van der Waals surface area contributed by atoms with Gasteiger partial charge in [0.25, 0.3) is 0 Å². The van der Waals surface area contributed by atoms with Gasteiger partial charge >= 0.3 is 0 Å². The van der Waals surface area contributed by atoms with Crippen molar-refractivity contribution in [3.05, 3.63) is 72.0 Å². The lowest BCUT2D eigenvalue weighted by Crippen LogP contribution is -2.05. The van der Waals surface area contributed by atoms with Crippen molar-refractivity contribution < 1.29 is 4.79 Å². The number of aliphatic imine (C=N–C) groups is 1. The van der Waals surface area contributed by atoms with Gasteiger partial charge in [0.1, 0.15) is 0 Å². The molecule has 0 saturated carbocycles. The number of hydrogen-bond donors (Lipinski definition) is 0. The zero-order valence-electron chi connectivity index (χ0n) is 12.9. The summed E-state index contributed by atoms with van der Waals surface area (Å²) in [5.74, 6) is 0.0692. The van der Waals surface area contributed by atoms with E-state index in [9.17, 15) is 4.79 Å². The van der Waals surface area contributed by atoms with Gasteiger partial charge in [0.2, 0.25) is 0 Å². The quantitative estimate of drug-likeness (QED) is 0.604. The number of hydrogen-bond acceptors (Lipinski definition) is 4. The summed E-state index contributed by atoms with van der Waals surface area (Å²) in [6.07, 6.45) is 5.96. The van der Waals surface area contributed by atoms with E-state index in [2.05, 4.69) is 21.5 Å². The van der Waals surface area contributed by atoms with E-state index in [0.717, 1.165) is 22.7 Å². The molecule has 0 amide bonds. The Kier molecular flexibility index (Phi) is 5.31. The zero-order valence-corrected chi connectivity index (χ0v) is 12.9. The number of carbonyl (C=O) groups is 1. The number of pyridine rings is 2. The first kappa shape index (κ1) is 15.8. The second-order valence-electron chi connectivity index (χ2n) is 5.08. The van der Waals surface area contributed by atoms with Crippen molar-refractivity contribution >= 4 is 11.5 Å². The van der Waals surface area contributed by atoms with Gasteiger partial charge in [0.05, 0.1) is 11.4 Å². The van der Waals surface area contributed by atoms with E-state index in [-0.39, 0.29) is 5.78 Å². The number of rotatable bonds is 6. The highest BCUT2D eigenvalue weighted by atomic mass is 16.1. The van der Waals surface area contributed by atoms with Crippen LogP contribution in [0.25, 0.3) is 0 Å². The summed E-state index contributed by atoms with van der Waals surface area (Å²) in [6.45, 7) is 7.40. The predicted molar refractivity (Wildman–Crippen MR) is 88.3 cm³/mol. The molecule has 0 atom stereocenters. The molecule has 0 aromatic carbocycles. The Morgan fingerprint density at radius 3 is 2.64 bits per heavy atom. The fraction of sp³-hybridized carbons (Fsp3) is 0.222. The molecule has 4 nitrogen and oxygen atoms in total. The first-order chi connectivity index (χ1) is 10.6. The summed E-state index contributed by atoms with van der Waals surface area (Å²) < 4.78 is 0. The van der Waals surface area contributed by atoms with Crippen molar-refractivity contribution in [1.82, 2.24) is 9.97 Å². The summed E-state index contributed by atoms with van der Waals surface area (Å²) in [6, 6.07) is 7.55. The molecule has 0 N–H and O–H groups in total. The number of carbonyl (C=O) groups excluding carboxylic acids is 1. The fourth-order valence-corrected chi connectivity index (χ4v) is 2.01. The molecule has 0 saturated heterocycles. The molecule has 2 aromatic heterocycles. The van der Waals surface area contributed by atoms with Gasteiger partial charge in [-0.2, -0.15) is 0 Å². The van der Waals surface area contributed by atoms with Gasteiger partial charge in [-0.05, 0) is 44.0 Å². The molecular formula is C18H19N3O. The fourth-order valence-electron chi connectivity index (χ4n) is 2.01. The van der Waals surface area contributed by atoms with Crippen molar-refractivity contribution in [3.63, 3.8) is 0 Å². The minimum atomic E-state index is 0.0692. The predicted octanol–water partition coefficient (Wildman–Crippen LogP) is 3.55. The summed E-state index contributed by atoms with van der Waals surface area (Å²) in [5, 5.41) is 0. The normalized spacial score (nSPS) is 11.3. The minimum absolute atomic E-state index is 0.0692. The Bertz CT molecular complexity index is 685. The molecule has 0 aliphatic rings. The molecule has 0 radical (unpaired) electrons. The van der Waals surface area contributed by atoms with Crippen LogP contribution in [0.5, 0.6) is 0 Å². The van der Waals surface area contributed by atoms with Crippen LogP contribution in [0.1, 0.15) is 40.7 Å². The molecule has 0 spiro atoms. The highest BCUT2D eigenvalue weighted by molar-refractivity contribution is 5.99. The van der Waals surface area contributed by atoms with Crippen LogP contribution in [-0.4, -0.2) is 21.5 Å². The van der Waals surface area contributed by atoms with Crippen molar-refractivity contribution in [1.29, 1.82) is 0 Å². The molecule has 2 aromatic rings. The molecule has 22 heavy (non-hydrogen) atoms. The first-order valence-electron chi connectivity index (χ1n) is 7.16. The molecule has 2 heterocycles. The summed E-state index contributed by atoms with van der Waals surface area (Å²) in [5.41, 5.74) is 4.18. The van der Waals surface area contributed by atoms with Gasteiger partial charge in [-0.3, -0.25) is 19.8 Å². The average molecular weight is 293 g/mol. The molecule has 0 aliphatic heterocycles. The third kappa shape index (κ3) is 4.19. The van der Waals surface area contributed by atoms with E-state index < -0.39 is 0 Å². The van der Waals surface area contributed by atoms with Gasteiger partial charge in [-0.15, -0.1) is 0 Å². The van der Waals surface area contributed by atoms with Crippen LogP contribution in [0.4, 0.5) is 0 Å². The molecule has 0 aliphatic carbocycles. The number of ketones is 1. The Hall–Kier alpha value is -2.62. The second-order valence-corrected chi connectivity index (χ2v) is 5.08. The van der Waals surface area contributed by atoms with Crippen LogP contribution in [0, 0.1) is 6.92 Å². The topological polar surface area (TPSA) is 55.2 Å². The Labute approximate surface area is 130 Å². The Balaban J connectivity index is 1.99. The summed E-state index contributed by atoms with van der Waals surface area (Å²) in [7, 11) is 0. The SMILES string of the molecule is C=CN=C(C)c1ccc(C(=O)CCc2ccc(C)cn2)cn1. The Morgan fingerprint density at radius 2 is 2.05 bits per heavy atom. The number of nitrogens with zero attached hydrogens (tertiary/aromatic N) is 3. The maximum atomic E-state index is 12.2. The molecule has 2 rings (SSSR count).